The molecule has 0 atom stereocenters. The van der Waals surface area contributed by atoms with E-state index in [4.69, 9.17) is 0 Å². The fourth-order valence-electron chi connectivity index (χ4n) is 1.70. The summed E-state index contributed by atoms with van der Waals surface area (Å²) >= 11 is 1.68. The molecule has 1 aromatic heterocycles. The van der Waals surface area contributed by atoms with E-state index in [1.165, 1.54) is 12.0 Å². The van der Waals surface area contributed by atoms with Crippen LogP contribution in [0.4, 0.5) is 0 Å². The molecule has 1 heterocycles. The summed E-state index contributed by atoms with van der Waals surface area (Å²) in [4.78, 5) is 13.6. The van der Waals surface area contributed by atoms with E-state index in [9.17, 15) is 4.79 Å². The zero-order valence-electron chi connectivity index (χ0n) is 8.40. The van der Waals surface area contributed by atoms with E-state index >= 15 is 0 Å². The topological polar surface area (TPSA) is 20.3 Å². The number of amides is 1. The summed E-state index contributed by atoms with van der Waals surface area (Å²) in [6, 6.07) is 2.08. The fourth-order valence-corrected chi connectivity index (χ4v) is 2.36. The lowest BCUT2D eigenvalue weighted by atomic mass is 9.84. The Morgan fingerprint density at radius 2 is 2.43 bits per heavy atom. The third kappa shape index (κ3) is 1.98. The maximum absolute atomic E-state index is 11.8. The zero-order valence-corrected chi connectivity index (χ0v) is 9.22. The van der Waals surface area contributed by atoms with Gasteiger partial charge >= 0.3 is 0 Å². The van der Waals surface area contributed by atoms with Crippen LogP contribution in [0, 0.1) is 5.92 Å². The summed E-state index contributed by atoms with van der Waals surface area (Å²) in [5.41, 5.74) is 1.24. The molecule has 0 saturated heterocycles. The molecule has 3 heteroatoms. The van der Waals surface area contributed by atoms with Gasteiger partial charge < -0.3 is 4.90 Å². The van der Waals surface area contributed by atoms with Crippen molar-refractivity contribution in [3.8, 4) is 0 Å². The Hall–Kier alpha value is -0.830. The van der Waals surface area contributed by atoms with Crippen molar-refractivity contribution in [2.75, 3.05) is 7.05 Å². The molecule has 0 aromatic carbocycles. The Labute approximate surface area is 88.5 Å². The number of nitrogens with zero attached hydrogens (tertiary/aromatic N) is 1. The largest absolute Gasteiger partial charge is 0.341 e. The quantitative estimate of drug-likeness (QED) is 0.749. The van der Waals surface area contributed by atoms with E-state index < -0.39 is 0 Å². The molecule has 14 heavy (non-hydrogen) atoms. The molecule has 76 valence electrons. The van der Waals surface area contributed by atoms with Crippen LogP contribution in [0.2, 0.25) is 0 Å². The van der Waals surface area contributed by atoms with Crippen molar-refractivity contribution in [3.63, 3.8) is 0 Å². The van der Waals surface area contributed by atoms with Crippen LogP contribution in [-0.2, 0) is 11.3 Å². The summed E-state index contributed by atoms with van der Waals surface area (Å²) in [7, 11) is 1.90. The Morgan fingerprint density at radius 3 is 2.93 bits per heavy atom. The molecular weight excluding hydrogens is 194 g/mol. The minimum absolute atomic E-state index is 0.318. The summed E-state index contributed by atoms with van der Waals surface area (Å²) in [6.45, 7) is 0.763. The minimum atomic E-state index is 0.318. The predicted octanol–water partition coefficient (Wildman–Crippen LogP) is 2.51. The average Bonchev–Trinajstić information content (AvgIpc) is 2.53. The highest BCUT2D eigenvalue weighted by molar-refractivity contribution is 7.07. The maximum atomic E-state index is 11.8. The maximum Gasteiger partial charge on any atom is 0.225 e. The van der Waals surface area contributed by atoms with Crippen LogP contribution in [0.3, 0.4) is 0 Å². The second-order valence-corrected chi connectivity index (χ2v) is 4.73. The van der Waals surface area contributed by atoms with Gasteiger partial charge in [0.25, 0.3) is 0 Å². The highest BCUT2D eigenvalue weighted by Gasteiger charge is 2.27. The van der Waals surface area contributed by atoms with Crippen molar-refractivity contribution >= 4 is 17.2 Å². The van der Waals surface area contributed by atoms with Crippen LogP contribution >= 0.6 is 11.3 Å². The molecule has 0 spiro atoms. The molecule has 0 unspecified atom stereocenters. The first-order chi connectivity index (χ1) is 6.77. The molecule has 2 rings (SSSR count). The Kier molecular flexibility index (Phi) is 2.87. The Bertz CT molecular complexity index is 303. The molecule has 1 aliphatic rings. The van der Waals surface area contributed by atoms with Crippen molar-refractivity contribution in [2.24, 2.45) is 5.92 Å². The molecule has 1 aromatic rings. The van der Waals surface area contributed by atoms with Crippen LogP contribution in [0.15, 0.2) is 16.8 Å². The number of carbonyl (C=O) groups is 1. The average molecular weight is 209 g/mol. The molecule has 0 N–H and O–H groups in total. The predicted molar refractivity (Wildman–Crippen MR) is 58.1 cm³/mol. The number of hydrogen-bond donors (Lipinski definition) is 0. The van der Waals surface area contributed by atoms with Crippen molar-refractivity contribution in [1.82, 2.24) is 4.90 Å². The van der Waals surface area contributed by atoms with E-state index in [1.807, 2.05) is 11.9 Å². The van der Waals surface area contributed by atoms with Gasteiger partial charge in [-0.3, -0.25) is 4.79 Å². The summed E-state index contributed by atoms with van der Waals surface area (Å²) in [5, 5.41) is 4.15. The summed E-state index contributed by atoms with van der Waals surface area (Å²) in [5.74, 6) is 0.640. The van der Waals surface area contributed by atoms with Crippen LogP contribution in [0.5, 0.6) is 0 Å². The molecule has 0 radical (unpaired) electrons. The van der Waals surface area contributed by atoms with Gasteiger partial charge in [-0.15, -0.1) is 0 Å². The molecule has 1 aliphatic carbocycles. The van der Waals surface area contributed by atoms with Crippen molar-refractivity contribution in [2.45, 2.75) is 25.8 Å². The van der Waals surface area contributed by atoms with Gasteiger partial charge in [0.2, 0.25) is 5.91 Å². The van der Waals surface area contributed by atoms with Crippen molar-refractivity contribution in [3.05, 3.63) is 22.4 Å². The summed E-state index contributed by atoms with van der Waals surface area (Å²) in [6.07, 6.45) is 3.41. The second-order valence-electron chi connectivity index (χ2n) is 3.95. The first-order valence-electron chi connectivity index (χ1n) is 5.03. The van der Waals surface area contributed by atoms with Gasteiger partial charge in [0.05, 0.1) is 0 Å². The van der Waals surface area contributed by atoms with E-state index in [0.717, 1.165) is 19.4 Å². The normalized spacial score (nSPS) is 16.4. The van der Waals surface area contributed by atoms with Crippen LogP contribution in [0.25, 0.3) is 0 Å². The smallest absolute Gasteiger partial charge is 0.225 e. The third-order valence-electron chi connectivity index (χ3n) is 2.83. The number of thiophene rings is 1. The van der Waals surface area contributed by atoms with Gasteiger partial charge in [0.15, 0.2) is 0 Å². The van der Waals surface area contributed by atoms with Gasteiger partial charge in [-0.05, 0) is 35.2 Å². The fraction of sp³-hybridized carbons (Fsp3) is 0.545. The number of rotatable bonds is 3. The first-order valence-corrected chi connectivity index (χ1v) is 5.97. The van der Waals surface area contributed by atoms with Crippen LogP contribution in [0.1, 0.15) is 24.8 Å². The van der Waals surface area contributed by atoms with Gasteiger partial charge in [-0.1, -0.05) is 6.42 Å². The molecule has 1 saturated carbocycles. The standard InChI is InChI=1S/C11H15NOS/c1-12(7-9-5-6-14-8-9)11(13)10-3-2-4-10/h5-6,8,10H,2-4,7H2,1H3. The van der Waals surface area contributed by atoms with Crippen LogP contribution in [-0.4, -0.2) is 17.9 Å². The number of carbonyl (C=O) groups excluding carboxylic acids is 1. The molecule has 0 bridgehead atoms. The van der Waals surface area contributed by atoms with Crippen LogP contribution < -0.4 is 0 Å². The lowest BCUT2D eigenvalue weighted by Crippen LogP contribution is -2.35. The van der Waals surface area contributed by atoms with E-state index in [1.54, 1.807) is 11.3 Å². The van der Waals surface area contributed by atoms with Gasteiger partial charge in [0.1, 0.15) is 0 Å². The SMILES string of the molecule is CN(Cc1ccsc1)C(=O)C1CCC1. The number of hydrogen-bond acceptors (Lipinski definition) is 2. The van der Waals surface area contributed by atoms with E-state index in [0.29, 0.717) is 11.8 Å². The lowest BCUT2D eigenvalue weighted by Gasteiger charge is -2.29. The van der Waals surface area contributed by atoms with Gasteiger partial charge in [-0.2, -0.15) is 11.3 Å². The second kappa shape index (κ2) is 4.13. The van der Waals surface area contributed by atoms with E-state index in [-0.39, 0.29) is 0 Å². The first kappa shape index (κ1) is 9.71. The van der Waals surface area contributed by atoms with Crippen molar-refractivity contribution < 1.29 is 4.79 Å². The van der Waals surface area contributed by atoms with E-state index in [2.05, 4.69) is 16.8 Å². The molecule has 1 amide bonds. The highest BCUT2D eigenvalue weighted by Crippen LogP contribution is 2.28. The van der Waals surface area contributed by atoms with Gasteiger partial charge in [0, 0.05) is 19.5 Å². The molecule has 1 fully saturated rings. The lowest BCUT2D eigenvalue weighted by molar-refractivity contribution is -0.137. The Balaban J connectivity index is 1.88. The highest BCUT2D eigenvalue weighted by atomic mass is 32.1. The zero-order chi connectivity index (χ0) is 9.97. The summed E-state index contributed by atoms with van der Waals surface area (Å²) < 4.78 is 0. The molecule has 2 nitrogen and oxygen atoms in total. The molecular formula is C11H15NOS. The third-order valence-corrected chi connectivity index (χ3v) is 3.56. The Morgan fingerprint density at radius 1 is 1.64 bits per heavy atom. The minimum Gasteiger partial charge on any atom is -0.341 e. The van der Waals surface area contributed by atoms with Crippen molar-refractivity contribution in [1.29, 1.82) is 0 Å². The molecule has 0 aliphatic heterocycles. The van der Waals surface area contributed by atoms with Gasteiger partial charge in [-0.25, -0.2) is 0 Å². The monoisotopic (exact) mass is 209 g/mol.